The maximum atomic E-state index is 13.3. The van der Waals surface area contributed by atoms with E-state index in [0.29, 0.717) is 24.1 Å². The van der Waals surface area contributed by atoms with Gasteiger partial charge in [-0.2, -0.15) is 4.31 Å². The van der Waals surface area contributed by atoms with Crippen LogP contribution < -0.4 is 19.7 Å². The highest BCUT2D eigenvalue weighted by atomic mass is 32.2. The van der Waals surface area contributed by atoms with E-state index in [1.165, 1.54) is 33.1 Å². The van der Waals surface area contributed by atoms with Crippen molar-refractivity contribution in [3.63, 3.8) is 0 Å². The number of carbonyl (C=O) groups excluding carboxylic acids is 1. The van der Waals surface area contributed by atoms with Gasteiger partial charge in [-0.15, -0.1) is 13.2 Å². The van der Waals surface area contributed by atoms with Gasteiger partial charge in [-0.1, -0.05) is 12.1 Å². The molecule has 46 heavy (non-hydrogen) atoms. The van der Waals surface area contributed by atoms with E-state index in [1.54, 1.807) is 26.0 Å². The lowest BCUT2D eigenvalue weighted by Crippen LogP contribution is -2.50. The van der Waals surface area contributed by atoms with Gasteiger partial charge in [0.1, 0.15) is 17.1 Å². The quantitative estimate of drug-likeness (QED) is 0.435. The number of ether oxygens (including phenoxy) is 1. The van der Waals surface area contributed by atoms with Crippen LogP contribution in [0.5, 0.6) is 5.75 Å². The van der Waals surface area contributed by atoms with Crippen molar-refractivity contribution in [2.24, 2.45) is 4.99 Å². The number of nitrogens with one attached hydrogen (secondary N) is 2. The molecule has 0 unspecified atom stereocenters. The molecule has 2 saturated heterocycles. The minimum absolute atomic E-state index is 0.00453. The topological polar surface area (TPSA) is 137 Å². The number of nitrogens with zero attached hydrogens (tertiary/aromatic N) is 3. The molecule has 3 heterocycles. The van der Waals surface area contributed by atoms with Crippen molar-refractivity contribution in [3.8, 4) is 5.75 Å². The Kier molecular flexibility index (Phi) is 9.29. The van der Waals surface area contributed by atoms with Crippen LogP contribution in [0.2, 0.25) is 0 Å². The summed E-state index contributed by atoms with van der Waals surface area (Å²) >= 11 is 0. The van der Waals surface area contributed by atoms with Gasteiger partial charge in [-0.25, -0.2) is 16.8 Å². The monoisotopic (exact) mass is 683 g/mol. The summed E-state index contributed by atoms with van der Waals surface area (Å²) in [4.78, 5) is 17.5. The maximum absolute atomic E-state index is 13.3. The van der Waals surface area contributed by atoms with E-state index in [2.05, 4.69) is 20.4 Å². The molecule has 3 aliphatic rings. The van der Waals surface area contributed by atoms with Crippen molar-refractivity contribution in [3.05, 3.63) is 64.1 Å². The van der Waals surface area contributed by atoms with E-state index in [1.807, 2.05) is 0 Å². The van der Waals surface area contributed by atoms with Crippen LogP contribution in [0, 0.1) is 13.8 Å². The van der Waals surface area contributed by atoms with Crippen molar-refractivity contribution in [1.29, 1.82) is 0 Å². The molecule has 250 valence electrons. The van der Waals surface area contributed by atoms with Crippen LogP contribution in [0.25, 0.3) is 6.08 Å². The number of anilines is 1. The van der Waals surface area contributed by atoms with Gasteiger partial charge in [0.05, 0.1) is 11.9 Å². The number of hydrogen-bond donors (Lipinski definition) is 2. The Labute approximate surface area is 266 Å². The Hall–Kier alpha value is -3.47. The molecule has 0 atom stereocenters. The standard InChI is InChI=1S/C30H36F3N5O6S2/c1-20-17-24(38(45(3,40)41)23-7-12-34-13-8-23)18-21(2)26(20)9-16-46(42,43)37-14-10-29(11-15-37)28(39)35-27(36-29)22-5-4-6-25(19-22)44-30(31,32)33/h4-6,9,16-19,23,34H,7-8,10-15H2,1-3H3,(H,35,36,39). The average molecular weight is 684 g/mol. The van der Waals surface area contributed by atoms with Crippen LogP contribution in [0.1, 0.15) is 47.9 Å². The Morgan fingerprint density at radius 2 is 1.67 bits per heavy atom. The number of carbonyl (C=O) groups is 1. The van der Waals surface area contributed by atoms with Crippen LogP contribution in [-0.2, 0) is 24.8 Å². The summed E-state index contributed by atoms with van der Waals surface area (Å²) in [6, 6.07) is 8.45. The van der Waals surface area contributed by atoms with Gasteiger partial charge in [0.2, 0.25) is 20.0 Å². The van der Waals surface area contributed by atoms with Crippen molar-refractivity contribution in [2.45, 2.75) is 57.5 Å². The number of halogens is 3. The SMILES string of the molecule is Cc1cc(N(C2CCNCC2)S(C)(=O)=O)cc(C)c1C=CS(=O)(=O)N1CCC2(CC1)N=C(c1cccc(OC(F)(F)F)c1)NC2=O. The second kappa shape index (κ2) is 12.6. The van der Waals surface area contributed by atoms with E-state index in [9.17, 15) is 34.8 Å². The Bertz CT molecular complexity index is 1760. The van der Waals surface area contributed by atoms with Gasteiger partial charge < -0.3 is 15.4 Å². The molecular weight excluding hydrogens is 647 g/mol. The first-order valence-electron chi connectivity index (χ1n) is 14.7. The minimum atomic E-state index is -4.87. The zero-order valence-corrected chi connectivity index (χ0v) is 27.2. The Morgan fingerprint density at radius 1 is 1.04 bits per heavy atom. The number of aliphatic imine (C=N–C) groups is 1. The lowest BCUT2D eigenvalue weighted by molar-refractivity contribution is -0.274. The Morgan fingerprint density at radius 3 is 2.26 bits per heavy atom. The zero-order valence-electron chi connectivity index (χ0n) is 25.6. The zero-order chi connectivity index (χ0) is 33.5. The van der Waals surface area contributed by atoms with E-state index >= 15 is 0 Å². The average Bonchev–Trinajstić information content (AvgIpc) is 3.27. The molecule has 0 radical (unpaired) electrons. The largest absolute Gasteiger partial charge is 0.573 e. The highest BCUT2D eigenvalue weighted by Gasteiger charge is 2.47. The van der Waals surface area contributed by atoms with Crippen LogP contribution >= 0.6 is 0 Å². The number of benzene rings is 2. The smallest absolute Gasteiger partial charge is 0.406 e. The molecule has 5 rings (SSSR count). The molecule has 2 N–H and O–H groups in total. The molecular formula is C30H36F3N5O6S2. The molecule has 2 fully saturated rings. The molecule has 0 bridgehead atoms. The van der Waals surface area contributed by atoms with Gasteiger partial charge in [-0.3, -0.25) is 14.1 Å². The summed E-state index contributed by atoms with van der Waals surface area (Å²) in [6.07, 6.45) is -0.660. The van der Waals surface area contributed by atoms with Crippen molar-refractivity contribution >= 4 is 43.6 Å². The molecule has 2 aromatic carbocycles. The molecule has 0 saturated carbocycles. The number of sulfonamides is 2. The summed E-state index contributed by atoms with van der Waals surface area (Å²) in [6.45, 7) is 5.05. The summed E-state index contributed by atoms with van der Waals surface area (Å²) in [5.41, 5.74) is 1.62. The highest BCUT2D eigenvalue weighted by molar-refractivity contribution is 7.92. The van der Waals surface area contributed by atoms with E-state index < -0.39 is 43.6 Å². The maximum Gasteiger partial charge on any atom is 0.573 e. The van der Waals surface area contributed by atoms with Gasteiger partial charge in [-0.05, 0) is 99.7 Å². The molecule has 0 aromatic heterocycles. The third kappa shape index (κ3) is 7.40. The number of amides is 1. The summed E-state index contributed by atoms with van der Waals surface area (Å²) < 4.78 is 96.9. The number of alkyl halides is 3. The first-order valence-corrected chi connectivity index (χ1v) is 18.1. The van der Waals surface area contributed by atoms with Gasteiger partial charge in [0, 0.05) is 30.1 Å². The molecule has 2 aromatic rings. The lowest BCUT2D eigenvalue weighted by Gasteiger charge is -2.35. The van der Waals surface area contributed by atoms with E-state index in [0.717, 1.165) is 41.8 Å². The van der Waals surface area contributed by atoms with Crippen LogP contribution in [0.15, 0.2) is 46.8 Å². The van der Waals surface area contributed by atoms with E-state index in [4.69, 9.17) is 0 Å². The minimum Gasteiger partial charge on any atom is -0.406 e. The fourth-order valence-electron chi connectivity index (χ4n) is 6.24. The number of hydrogen-bond acceptors (Lipinski definition) is 8. The number of piperidine rings is 2. The van der Waals surface area contributed by atoms with Gasteiger partial charge in [0.25, 0.3) is 5.91 Å². The first-order chi connectivity index (χ1) is 21.5. The molecule has 0 aliphatic carbocycles. The fraction of sp³-hybridized carbons (Fsp3) is 0.467. The third-order valence-corrected chi connectivity index (χ3v) is 11.3. The lowest BCUT2D eigenvalue weighted by atomic mass is 9.89. The fourth-order valence-corrected chi connectivity index (χ4v) is 8.65. The molecule has 11 nitrogen and oxygen atoms in total. The van der Waals surface area contributed by atoms with Crippen molar-refractivity contribution in [1.82, 2.24) is 14.9 Å². The highest BCUT2D eigenvalue weighted by Crippen LogP contribution is 2.34. The summed E-state index contributed by atoms with van der Waals surface area (Å²) in [5.74, 6) is -0.806. The normalized spacial score (nSPS) is 19.8. The van der Waals surface area contributed by atoms with Crippen LogP contribution in [0.4, 0.5) is 18.9 Å². The number of aryl methyl sites for hydroxylation is 2. The van der Waals surface area contributed by atoms with Gasteiger partial charge >= 0.3 is 6.36 Å². The second-order valence-corrected chi connectivity index (χ2v) is 15.5. The molecule has 16 heteroatoms. The molecule has 1 spiro atoms. The third-order valence-electron chi connectivity index (χ3n) is 8.47. The second-order valence-electron chi connectivity index (χ2n) is 11.8. The van der Waals surface area contributed by atoms with E-state index in [-0.39, 0.29) is 43.4 Å². The molecule has 1 amide bonds. The van der Waals surface area contributed by atoms with Crippen molar-refractivity contribution < 1.29 is 39.5 Å². The first kappa shape index (κ1) is 33.9. The predicted molar refractivity (Wildman–Crippen MR) is 168 cm³/mol. The number of rotatable bonds is 8. The van der Waals surface area contributed by atoms with Crippen LogP contribution in [-0.4, -0.2) is 83.3 Å². The summed E-state index contributed by atoms with van der Waals surface area (Å²) in [5, 5.41) is 6.97. The molecule has 3 aliphatic heterocycles. The van der Waals surface area contributed by atoms with Gasteiger partial charge in [0.15, 0.2) is 0 Å². The number of amidine groups is 1. The van der Waals surface area contributed by atoms with Crippen LogP contribution in [0.3, 0.4) is 0 Å². The Balaban J connectivity index is 1.30. The summed E-state index contributed by atoms with van der Waals surface area (Å²) in [7, 11) is -7.45. The van der Waals surface area contributed by atoms with Crippen molar-refractivity contribution in [2.75, 3.05) is 36.7 Å². The predicted octanol–water partition coefficient (Wildman–Crippen LogP) is 3.43.